The first-order valence-corrected chi connectivity index (χ1v) is 10.2. The Labute approximate surface area is 197 Å². The summed E-state index contributed by atoms with van der Waals surface area (Å²) in [4.78, 5) is 11.9. The van der Waals surface area contributed by atoms with E-state index < -0.39 is 36.1 Å². The Kier molecular flexibility index (Phi) is 7.91. The summed E-state index contributed by atoms with van der Waals surface area (Å²) >= 11 is 0. The van der Waals surface area contributed by atoms with E-state index in [1.165, 1.54) is 25.3 Å². The summed E-state index contributed by atoms with van der Waals surface area (Å²) in [6, 6.07) is 3.23. The number of hydrogen-bond acceptors (Lipinski definition) is 7. The largest absolute Gasteiger partial charge is 0.463 e. The van der Waals surface area contributed by atoms with Crippen molar-refractivity contribution in [3.8, 4) is 17.7 Å². The molecular formula is C23H21F5N4O3. The van der Waals surface area contributed by atoms with Crippen LogP contribution in [0.3, 0.4) is 0 Å². The van der Waals surface area contributed by atoms with Crippen LogP contribution < -0.4 is 10.5 Å². The molecule has 186 valence electrons. The average molecular weight is 496 g/mol. The van der Waals surface area contributed by atoms with E-state index in [1.54, 1.807) is 6.92 Å². The van der Waals surface area contributed by atoms with Crippen molar-refractivity contribution < 1.29 is 36.2 Å². The molecule has 0 unspecified atom stereocenters. The van der Waals surface area contributed by atoms with Crippen molar-refractivity contribution in [1.82, 2.24) is 9.97 Å². The van der Waals surface area contributed by atoms with Gasteiger partial charge in [-0.3, -0.25) is 0 Å². The highest BCUT2D eigenvalue weighted by Crippen LogP contribution is 2.37. The molecule has 0 amide bonds. The molecule has 1 aromatic heterocycles. The molecule has 3 rings (SSSR count). The van der Waals surface area contributed by atoms with E-state index in [0.29, 0.717) is 0 Å². The molecular weight excluding hydrogens is 475 g/mol. The maximum Gasteiger partial charge on any atom is 0.411 e. The molecule has 2 N–H and O–H groups in total. The van der Waals surface area contributed by atoms with Crippen molar-refractivity contribution >= 4 is 17.9 Å². The van der Waals surface area contributed by atoms with Gasteiger partial charge in [0, 0.05) is 5.56 Å². The topological polar surface area (TPSA) is 91.9 Å². The Bertz CT molecular complexity index is 1170. The molecule has 12 heteroatoms. The van der Waals surface area contributed by atoms with Gasteiger partial charge in [0.05, 0.1) is 12.4 Å². The van der Waals surface area contributed by atoms with Crippen LogP contribution in [-0.4, -0.2) is 48.1 Å². The second-order valence-electron chi connectivity index (χ2n) is 7.51. The highest BCUT2D eigenvalue weighted by molar-refractivity contribution is 5.76. The zero-order chi connectivity index (χ0) is 25.6. The summed E-state index contributed by atoms with van der Waals surface area (Å²) in [6.45, 7) is 1.14. The lowest BCUT2D eigenvalue weighted by molar-refractivity contribution is -0.197. The lowest BCUT2D eigenvalue weighted by Crippen LogP contribution is -2.48. The fourth-order valence-corrected chi connectivity index (χ4v) is 3.23. The van der Waals surface area contributed by atoms with Crippen molar-refractivity contribution in [2.24, 2.45) is 10.7 Å². The van der Waals surface area contributed by atoms with Crippen LogP contribution in [0.4, 0.5) is 22.0 Å². The fraction of sp³-hybridized carbons (Fsp3) is 0.348. The van der Waals surface area contributed by atoms with Crippen LogP contribution in [-0.2, 0) is 15.0 Å². The van der Waals surface area contributed by atoms with E-state index in [-0.39, 0.29) is 41.9 Å². The first-order valence-electron chi connectivity index (χ1n) is 10.2. The van der Waals surface area contributed by atoms with Crippen molar-refractivity contribution in [3.63, 3.8) is 0 Å². The van der Waals surface area contributed by atoms with Gasteiger partial charge in [0.15, 0.2) is 12.4 Å². The molecule has 2 aromatic rings. The maximum atomic E-state index is 14.8. The Balaban J connectivity index is 1.89. The summed E-state index contributed by atoms with van der Waals surface area (Å²) in [5.41, 5.74) is 3.87. The van der Waals surface area contributed by atoms with Gasteiger partial charge >= 0.3 is 6.18 Å². The monoisotopic (exact) mass is 496 g/mol. The zero-order valence-electron chi connectivity index (χ0n) is 18.7. The number of ether oxygens (including phenoxy) is 3. The number of hydrogen-bond donors (Lipinski definition) is 1. The van der Waals surface area contributed by atoms with E-state index in [9.17, 15) is 22.0 Å². The maximum absolute atomic E-state index is 14.8. The van der Waals surface area contributed by atoms with Crippen LogP contribution in [0.2, 0.25) is 0 Å². The van der Waals surface area contributed by atoms with Crippen molar-refractivity contribution in [1.29, 1.82) is 0 Å². The molecule has 1 aliphatic heterocycles. The fourth-order valence-electron chi connectivity index (χ4n) is 3.23. The van der Waals surface area contributed by atoms with E-state index in [2.05, 4.69) is 26.8 Å². The Morgan fingerprint density at radius 2 is 2.09 bits per heavy atom. The lowest BCUT2D eigenvalue weighted by atomic mass is 9.85. The SMILES string of the molecule is CC#CCOc1cnc(/C(F)=C/c2ccc(F)c([C@@]3(C)N=C(N)OC[C@@H]3OCC(F)(F)F)c2)cn1. The molecule has 0 bridgehead atoms. The van der Waals surface area contributed by atoms with Gasteiger partial charge in [-0.1, -0.05) is 12.0 Å². The van der Waals surface area contributed by atoms with Gasteiger partial charge in [0.1, 0.15) is 36.4 Å². The summed E-state index contributed by atoms with van der Waals surface area (Å²) in [5.74, 6) is 3.90. The van der Waals surface area contributed by atoms with E-state index in [0.717, 1.165) is 18.3 Å². The third-order valence-corrected chi connectivity index (χ3v) is 4.97. The highest BCUT2D eigenvalue weighted by Gasteiger charge is 2.44. The molecule has 2 atom stereocenters. The number of amidine groups is 1. The molecule has 0 fully saturated rings. The van der Waals surface area contributed by atoms with Crippen LogP contribution in [0, 0.1) is 17.7 Å². The third-order valence-electron chi connectivity index (χ3n) is 4.97. The number of aromatic nitrogens is 2. The predicted octanol–water partition coefficient (Wildman–Crippen LogP) is 3.99. The molecule has 1 aromatic carbocycles. The van der Waals surface area contributed by atoms with Crippen LogP contribution >= 0.6 is 0 Å². The van der Waals surface area contributed by atoms with Crippen LogP contribution in [0.1, 0.15) is 30.7 Å². The van der Waals surface area contributed by atoms with Crippen molar-refractivity contribution in [2.75, 3.05) is 19.8 Å². The van der Waals surface area contributed by atoms with Crippen LogP contribution in [0.25, 0.3) is 11.9 Å². The number of rotatable bonds is 7. The number of benzene rings is 1. The number of nitrogens with two attached hydrogens (primary N) is 1. The number of alkyl halides is 3. The normalized spacial score (nSPS) is 20.4. The number of aliphatic imine (C=N–C) groups is 1. The lowest BCUT2D eigenvalue weighted by Gasteiger charge is -2.38. The summed E-state index contributed by atoms with van der Waals surface area (Å²) in [7, 11) is 0. The predicted molar refractivity (Wildman–Crippen MR) is 117 cm³/mol. The first-order chi connectivity index (χ1) is 16.5. The van der Waals surface area contributed by atoms with Gasteiger partial charge in [0.2, 0.25) is 5.88 Å². The third kappa shape index (κ3) is 6.66. The Morgan fingerprint density at radius 1 is 1.31 bits per heavy atom. The average Bonchev–Trinajstić information content (AvgIpc) is 2.79. The molecule has 2 heterocycles. The standard InChI is InChI=1S/C23H21F5N4O3/c1-3-4-7-33-20-11-30-18(10-31-20)17(25)9-14-5-6-16(24)15(8-14)22(2)19(12-34-21(29)32-22)35-13-23(26,27)28/h5-6,8-11,19H,7,12-13H2,1-2H3,(H2,29,32)/b17-9-/t19-,22+/m0/s1. The Hall–Kier alpha value is -3.72. The molecule has 0 radical (unpaired) electrons. The minimum atomic E-state index is -4.62. The quantitative estimate of drug-likeness (QED) is 0.461. The van der Waals surface area contributed by atoms with Gasteiger partial charge in [-0.15, -0.1) is 5.92 Å². The van der Waals surface area contributed by atoms with Gasteiger partial charge in [-0.05, 0) is 37.6 Å². The van der Waals surface area contributed by atoms with E-state index >= 15 is 0 Å². The minimum Gasteiger partial charge on any atom is -0.463 e. The van der Waals surface area contributed by atoms with Crippen LogP contribution in [0.15, 0.2) is 35.6 Å². The summed E-state index contributed by atoms with van der Waals surface area (Å²) < 4.78 is 83.0. The molecule has 0 saturated carbocycles. The van der Waals surface area contributed by atoms with Crippen LogP contribution in [0.5, 0.6) is 5.88 Å². The summed E-state index contributed by atoms with van der Waals surface area (Å²) in [6.07, 6.45) is -2.50. The smallest absolute Gasteiger partial charge is 0.411 e. The van der Waals surface area contributed by atoms with Crippen molar-refractivity contribution in [3.05, 3.63) is 53.2 Å². The molecule has 7 nitrogen and oxygen atoms in total. The molecule has 0 spiro atoms. The number of halogens is 5. The first kappa shape index (κ1) is 25.9. The second kappa shape index (κ2) is 10.7. The summed E-state index contributed by atoms with van der Waals surface area (Å²) in [5, 5.41) is 0. The van der Waals surface area contributed by atoms with Gasteiger partial charge in [0.25, 0.3) is 6.02 Å². The second-order valence-corrected chi connectivity index (χ2v) is 7.51. The highest BCUT2D eigenvalue weighted by atomic mass is 19.4. The van der Waals surface area contributed by atoms with E-state index in [1.807, 2.05) is 0 Å². The molecule has 0 aliphatic carbocycles. The van der Waals surface area contributed by atoms with Crippen molar-refractivity contribution in [2.45, 2.75) is 31.7 Å². The molecule has 1 aliphatic rings. The number of nitrogens with zero attached hydrogens (tertiary/aromatic N) is 3. The van der Waals surface area contributed by atoms with Gasteiger partial charge in [-0.25, -0.2) is 23.7 Å². The van der Waals surface area contributed by atoms with Gasteiger partial charge < -0.3 is 19.9 Å². The van der Waals surface area contributed by atoms with E-state index in [4.69, 9.17) is 19.9 Å². The molecule has 35 heavy (non-hydrogen) atoms. The molecule has 0 saturated heterocycles. The minimum absolute atomic E-state index is 0.103. The Morgan fingerprint density at radius 3 is 2.74 bits per heavy atom. The van der Waals surface area contributed by atoms with Gasteiger partial charge in [-0.2, -0.15) is 13.2 Å². The zero-order valence-corrected chi connectivity index (χ0v) is 18.7.